The van der Waals surface area contributed by atoms with Gasteiger partial charge >= 0.3 is 5.97 Å². The van der Waals surface area contributed by atoms with Gasteiger partial charge in [0.05, 0.1) is 6.10 Å². The van der Waals surface area contributed by atoms with E-state index in [1.54, 1.807) is 0 Å². The average Bonchev–Trinajstić information content (AvgIpc) is 2.04. The van der Waals surface area contributed by atoms with Gasteiger partial charge in [0.15, 0.2) is 0 Å². The van der Waals surface area contributed by atoms with Crippen LogP contribution in [0.2, 0.25) is 0 Å². The Kier molecular flexibility index (Phi) is 3.31. The molecule has 0 radical (unpaired) electrons. The summed E-state index contributed by atoms with van der Waals surface area (Å²) in [5, 5.41) is 0. The van der Waals surface area contributed by atoms with E-state index in [1.165, 1.54) is 6.42 Å². The lowest BCUT2D eigenvalue weighted by atomic mass is 9.83. The van der Waals surface area contributed by atoms with Crippen LogP contribution in [0.15, 0.2) is 0 Å². The van der Waals surface area contributed by atoms with E-state index in [2.05, 4.69) is 0 Å². The monoisotopic (exact) mass is 185 g/mol. The summed E-state index contributed by atoms with van der Waals surface area (Å²) in [6, 6.07) is 0. The van der Waals surface area contributed by atoms with E-state index in [0.29, 0.717) is 0 Å². The highest BCUT2D eigenvalue weighted by Gasteiger charge is 2.37. The van der Waals surface area contributed by atoms with Crippen LogP contribution in [0.3, 0.4) is 0 Å². The van der Waals surface area contributed by atoms with Crippen LogP contribution in [0, 0.1) is 0 Å². The molecule has 2 N–H and O–H groups in total. The van der Waals surface area contributed by atoms with Crippen LogP contribution in [0.1, 0.15) is 46.0 Å². The first kappa shape index (κ1) is 10.5. The Morgan fingerprint density at radius 1 is 1.31 bits per heavy atom. The fraction of sp³-hybridized carbons (Fsp3) is 0.900. The van der Waals surface area contributed by atoms with Crippen LogP contribution in [-0.2, 0) is 9.53 Å². The molecule has 1 saturated carbocycles. The highest BCUT2D eigenvalue weighted by Crippen LogP contribution is 2.27. The van der Waals surface area contributed by atoms with Crippen molar-refractivity contribution < 1.29 is 9.53 Å². The van der Waals surface area contributed by atoms with E-state index in [9.17, 15) is 4.79 Å². The van der Waals surface area contributed by atoms with E-state index < -0.39 is 5.54 Å². The second-order valence-electron chi connectivity index (χ2n) is 4.17. The molecule has 0 aromatic heterocycles. The van der Waals surface area contributed by atoms with E-state index in [-0.39, 0.29) is 12.1 Å². The average molecular weight is 185 g/mol. The van der Waals surface area contributed by atoms with Gasteiger partial charge in [0.2, 0.25) is 0 Å². The van der Waals surface area contributed by atoms with Crippen LogP contribution in [0.25, 0.3) is 0 Å². The molecule has 0 bridgehead atoms. The SMILES string of the molecule is CC(C)OC(=O)C1(N)CCCCC1. The molecule has 0 amide bonds. The van der Waals surface area contributed by atoms with E-state index in [0.717, 1.165) is 25.7 Å². The van der Waals surface area contributed by atoms with Crippen molar-refractivity contribution >= 4 is 5.97 Å². The normalized spacial score (nSPS) is 21.5. The third-order valence-electron chi connectivity index (χ3n) is 2.50. The first-order valence-electron chi connectivity index (χ1n) is 5.04. The summed E-state index contributed by atoms with van der Waals surface area (Å²) < 4.78 is 5.13. The number of carbonyl (C=O) groups is 1. The molecule has 1 aliphatic rings. The molecule has 0 aromatic rings. The van der Waals surface area contributed by atoms with Gasteiger partial charge < -0.3 is 10.5 Å². The molecule has 3 nitrogen and oxygen atoms in total. The van der Waals surface area contributed by atoms with Crippen LogP contribution in [0.4, 0.5) is 0 Å². The Hall–Kier alpha value is -0.570. The minimum atomic E-state index is -0.692. The summed E-state index contributed by atoms with van der Waals surface area (Å²) in [5.74, 6) is -0.220. The minimum absolute atomic E-state index is 0.0603. The van der Waals surface area contributed by atoms with E-state index in [1.807, 2.05) is 13.8 Å². The smallest absolute Gasteiger partial charge is 0.326 e. The van der Waals surface area contributed by atoms with Crippen molar-refractivity contribution in [1.29, 1.82) is 0 Å². The topological polar surface area (TPSA) is 52.3 Å². The molecule has 0 unspecified atom stereocenters. The number of carbonyl (C=O) groups excluding carboxylic acids is 1. The van der Waals surface area contributed by atoms with Crippen molar-refractivity contribution in [1.82, 2.24) is 0 Å². The lowest BCUT2D eigenvalue weighted by Gasteiger charge is -2.31. The van der Waals surface area contributed by atoms with Crippen LogP contribution in [0.5, 0.6) is 0 Å². The number of nitrogens with two attached hydrogens (primary N) is 1. The zero-order chi connectivity index (χ0) is 9.90. The highest BCUT2D eigenvalue weighted by molar-refractivity contribution is 5.80. The molecule has 76 valence electrons. The summed E-state index contributed by atoms with van der Waals surface area (Å²) in [6.45, 7) is 3.70. The number of ether oxygens (including phenoxy) is 1. The van der Waals surface area contributed by atoms with Gasteiger partial charge in [-0.15, -0.1) is 0 Å². The van der Waals surface area contributed by atoms with Crippen LogP contribution < -0.4 is 5.73 Å². The fourth-order valence-electron chi connectivity index (χ4n) is 1.72. The van der Waals surface area contributed by atoms with Gasteiger partial charge in [-0.3, -0.25) is 4.79 Å². The zero-order valence-corrected chi connectivity index (χ0v) is 8.51. The molecular formula is C10H19NO2. The predicted octanol–water partition coefficient (Wildman–Crippen LogP) is 1.60. The molecule has 13 heavy (non-hydrogen) atoms. The highest BCUT2D eigenvalue weighted by atomic mass is 16.5. The fourth-order valence-corrected chi connectivity index (χ4v) is 1.72. The number of hydrogen-bond donors (Lipinski definition) is 1. The van der Waals surface area contributed by atoms with Crippen molar-refractivity contribution in [2.45, 2.75) is 57.6 Å². The van der Waals surface area contributed by atoms with Crippen molar-refractivity contribution in [3.05, 3.63) is 0 Å². The quantitative estimate of drug-likeness (QED) is 0.665. The number of hydrogen-bond acceptors (Lipinski definition) is 3. The van der Waals surface area contributed by atoms with Crippen molar-refractivity contribution in [2.24, 2.45) is 5.73 Å². The largest absolute Gasteiger partial charge is 0.462 e. The first-order chi connectivity index (χ1) is 6.04. The van der Waals surface area contributed by atoms with Gasteiger partial charge in [0.1, 0.15) is 5.54 Å². The molecule has 0 atom stereocenters. The molecule has 0 saturated heterocycles. The van der Waals surface area contributed by atoms with Crippen LogP contribution >= 0.6 is 0 Å². The summed E-state index contributed by atoms with van der Waals surface area (Å²) >= 11 is 0. The van der Waals surface area contributed by atoms with E-state index >= 15 is 0 Å². The van der Waals surface area contributed by atoms with E-state index in [4.69, 9.17) is 10.5 Å². The van der Waals surface area contributed by atoms with Gasteiger partial charge in [0, 0.05) is 0 Å². The second kappa shape index (κ2) is 4.09. The molecule has 0 spiro atoms. The maximum absolute atomic E-state index is 11.6. The Balaban J connectivity index is 2.51. The zero-order valence-electron chi connectivity index (χ0n) is 8.51. The maximum atomic E-state index is 11.6. The van der Waals surface area contributed by atoms with Crippen LogP contribution in [-0.4, -0.2) is 17.6 Å². The van der Waals surface area contributed by atoms with Gasteiger partial charge in [-0.25, -0.2) is 0 Å². The van der Waals surface area contributed by atoms with Gasteiger partial charge in [-0.2, -0.15) is 0 Å². The second-order valence-corrected chi connectivity index (χ2v) is 4.17. The maximum Gasteiger partial charge on any atom is 0.326 e. The van der Waals surface area contributed by atoms with Crippen molar-refractivity contribution in [2.75, 3.05) is 0 Å². The summed E-state index contributed by atoms with van der Waals surface area (Å²) in [4.78, 5) is 11.6. The van der Waals surface area contributed by atoms with Gasteiger partial charge in [-0.1, -0.05) is 19.3 Å². The molecule has 1 aliphatic carbocycles. The number of esters is 1. The predicted molar refractivity (Wildman–Crippen MR) is 51.2 cm³/mol. The lowest BCUT2D eigenvalue weighted by Crippen LogP contribution is -2.50. The first-order valence-corrected chi connectivity index (χ1v) is 5.04. The Morgan fingerprint density at radius 3 is 2.31 bits per heavy atom. The molecule has 1 rings (SSSR count). The summed E-state index contributed by atoms with van der Waals surface area (Å²) in [6.07, 6.45) is 4.77. The molecular weight excluding hydrogens is 166 g/mol. The Labute approximate surface area is 79.6 Å². The molecule has 0 heterocycles. The molecule has 1 fully saturated rings. The summed E-state index contributed by atoms with van der Waals surface area (Å²) in [7, 11) is 0. The summed E-state index contributed by atoms with van der Waals surface area (Å²) in [5.41, 5.74) is 5.28. The third-order valence-corrected chi connectivity index (χ3v) is 2.50. The van der Waals surface area contributed by atoms with Crippen molar-refractivity contribution in [3.63, 3.8) is 0 Å². The van der Waals surface area contributed by atoms with Gasteiger partial charge in [0.25, 0.3) is 0 Å². The Morgan fingerprint density at radius 2 is 1.85 bits per heavy atom. The molecule has 0 aliphatic heterocycles. The third kappa shape index (κ3) is 2.69. The standard InChI is InChI=1S/C10H19NO2/c1-8(2)13-9(12)10(11)6-4-3-5-7-10/h8H,3-7,11H2,1-2H3. The van der Waals surface area contributed by atoms with Crippen molar-refractivity contribution in [3.8, 4) is 0 Å². The van der Waals surface area contributed by atoms with Gasteiger partial charge in [-0.05, 0) is 26.7 Å². The molecule has 3 heteroatoms. The molecule has 0 aromatic carbocycles. The lowest BCUT2D eigenvalue weighted by molar-refractivity contribution is -0.155. The Bertz CT molecular complexity index is 183. The number of rotatable bonds is 2. The minimum Gasteiger partial charge on any atom is -0.462 e.